The summed E-state index contributed by atoms with van der Waals surface area (Å²) in [6.45, 7) is -0.0594. The lowest BCUT2D eigenvalue weighted by molar-refractivity contribution is 0.0735. The Kier molecular flexibility index (Phi) is 6.02. The van der Waals surface area contributed by atoms with Gasteiger partial charge in [-0.1, -0.05) is 0 Å². The molecular formula is C6H13ClO3. The molecule has 3 N–H and O–H groups in total. The van der Waals surface area contributed by atoms with Gasteiger partial charge >= 0.3 is 0 Å². The zero-order valence-electron chi connectivity index (χ0n) is 5.70. The number of alkyl halides is 1. The van der Waals surface area contributed by atoms with E-state index < -0.39 is 12.2 Å². The first-order valence-corrected chi connectivity index (χ1v) is 3.77. The van der Waals surface area contributed by atoms with Gasteiger partial charge < -0.3 is 15.3 Å². The lowest BCUT2D eigenvalue weighted by Crippen LogP contribution is -2.19. The summed E-state index contributed by atoms with van der Waals surface area (Å²) in [5, 5.41) is 26.2. The van der Waals surface area contributed by atoms with Gasteiger partial charge in [0.15, 0.2) is 0 Å². The number of hydrogen-bond acceptors (Lipinski definition) is 3. The highest BCUT2D eigenvalue weighted by atomic mass is 35.5. The van der Waals surface area contributed by atoms with Gasteiger partial charge in [-0.2, -0.15) is 0 Å². The van der Waals surface area contributed by atoms with Crippen LogP contribution in [-0.2, 0) is 0 Å². The van der Waals surface area contributed by atoms with E-state index in [4.69, 9.17) is 26.9 Å². The third-order valence-electron chi connectivity index (χ3n) is 1.18. The minimum atomic E-state index is -0.664. The van der Waals surface area contributed by atoms with E-state index in [0.717, 1.165) is 0 Å². The molecule has 3 nitrogen and oxygen atoms in total. The molecule has 0 unspecified atom stereocenters. The van der Waals surface area contributed by atoms with Crippen LogP contribution < -0.4 is 0 Å². The highest BCUT2D eigenvalue weighted by Crippen LogP contribution is 2.02. The second kappa shape index (κ2) is 5.92. The summed E-state index contributed by atoms with van der Waals surface area (Å²) in [7, 11) is 0. The minimum Gasteiger partial charge on any atom is -0.396 e. The maximum atomic E-state index is 8.97. The first-order chi connectivity index (χ1) is 4.70. The van der Waals surface area contributed by atoms with Crippen molar-refractivity contribution in [3.05, 3.63) is 0 Å². The summed E-state index contributed by atoms with van der Waals surface area (Å²) in [5.74, 6) is 0.127. The van der Waals surface area contributed by atoms with Gasteiger partial charge in [0.2, 0.25) is 0 Å². The summed E-state index contributed by atoms with van der Waals surface area (Å²) in [4.78, 5) is 0. The molecule has 0 radical (unpaired) electrons. The molecule has 10 heavy (non-hydrogen) atoms. The normalized spacial score (nSPS) is 16.8. The Hall–Kier alpha value is 0.170. The first-order valence-electron chi connectivity index (χ1n) is 3.23. The number of aliphatic hydroxyl groups is 3. The average Bonchev–Trinajstić information content (AvgIpc) is 1.88. The molecule has 0 rings (SSSR count). The maximum absolute atomic E-state index is 8.97. The molecule has 0 fully saturated rings. The fraction of sp³-hybridized carbons (Fsp3) is 1.00. The molecule has 0 aromatic carbocycles. The Morgan fingerprint density at radius 3 is 2.20 bits per heavy atom. The number of halogens is 1. The van der Waals surface area contributed by atoms with E-state index >= 15 is 0 Å². The van der Waals surface area contributed by atoms with Gasteiger partial charge in [-0.25, -0.2) is 0 Å². The molecule has 2 atom stereocenters. The average molecular weight is 169 g/mol. The van der Waals surface area contributed by atoms with Crippen LogP contribution >= 0.6 is 11.6 Å². The van der Waals surface area contributed by atoms with Crippen LogP contribution in [0.5, 0.6) is 0 Å². The third kappa shape index (κ3) is 4.99. The van der Waals surface area contributed by atoms with Gasteiger partial charge in [0.1, 0.15) is 0 Å². The number of rotatable bonds is 5. The van der Waals surface area contributed by atoms with Crippen LogP contribution in [0.25, 0.3) is 0 Å². The summed E-state index contributed by atoms with van der Waals surface area (Å²) in [6.07, 6.45) is -0.764. The van der Waals surface area contributed by atoms with E-state index in [1.807, 2.05) is 0 Å². The maximum Gasteiger partial charge on any atom is 0.0700 e. The standard InChI is InChI=1S/C6H13ClO3/c7-4-6(10)3-5(9)1-2-8/h5-6,8-10H,1-4H2/t5-,6+/m1/s1. The first kappa shape index (κ1) is 10.2. The van der Waals surface area contributed by atoms with E-state index in [1.165, 1.54) is 0 Å². The number of hydrogen-bond donors (Lipinski definition) is 3. The van der Waals surface area contributed by atoms with E-state index in [1.54, 1.807) is 0 Å². The fourth-order valence-corrected chi connectivity index (χ4v) is 0.770. The largest absolute Gasteiger partial charge is 0.396 e. The number of aliphatic hydroxyl groups excluding tert-OH is 3. The van der Waals surface area contributed by atoms with Crippen molar-refractivity contribution in [1.29, 1.82) is 0 Å². The fourth-order valence-electron chi connectivity index (χ4n) is 0.644. The van der Waals surface area contributed by atoms with Crippen LogP contribution in [0.3, 0.4) is 0 Å². The Morgan fingerprint density at radius 2 is 1.80 bits per heavy atom. The Bertz CT molecular complexity index is 79.4. The molecule has 0 aliphatic rings. The highest BCUT2D eigenvalue weighted by molar-refractivity contribution is 6.18. The van der Waals surface area contributed by atoms with Crippen LogP contribution in [0, 0.1) is 0 Å². The van der Waals surface area contributed by atoms with Gasteiger partial charge in [-0.3, -0.25) is 0 Å². The molecule has 0 heterocycles. The second-order valence-corrected chi connectivity index (χ2v) is 2.52. The Morgan fingerprint density at radius 1 is 1.20 bits per heavy atom. The third-order valence-corrected chi connectivity index (χ3v) is 1.54. The molecular weight excluding hydrogens is 156 g/mol. The molecule has 0 aliphatic heterocycles. The molecule has 0 saturated heterocycles. The van der Waals surface area contributed by atoms with E-state index in [9.17, 15) is 0 Å². The van der Waals surface area contributed by atoms with Gasteiger partial charge in [0.25, 0.3) is 0 Å². The van der Waals surface area contributed by atoms with Gasteiger partial charge in [0.05, 0.1) is 12.2 Å². The second-order valence-electron chi connectivity index (χ2n) is 2.21. The van der Waals surface area contributed by atoms with Crippen LogP contribution in [0.15, 0.2) is 0 Å². The summed E-state index contributed by atoms with van der Waals surface area (Å²) >= 11 is 5.27. The van der Waals surface area contributed by atoms with Crippen molar-refractivity contribution in [2.75, 3.05) is 12.5 Å². The predicted octanol–water partition coefficient (Wildman–Crippen LogP) is -0.281. The van der Waals surface area contributed by atoms with Crippen molar-refractivity contribution in [3.8, 4) is 0 Å². The van der Waals surface area contributed by atoms with Crippen LogP contribution in [0.1, 0.15) is 12.8 Å². The molecule has 0 aromatic heterocycles. The molecule has 0 aliphatic carbocycles. The summed E-state index contributed by atoms with van der Waals surface area (Å²) in [6, 6.07) is 0. The quantitative estimate of drug-likeness (QED) is 0.495. The van der Waals surface area contributed by atoms with E-state index in [-0.39, 0.29) is 18.9 Å². The Labute approximate surface area is 65.2 Å². The predicted molar refractivity (Wildman–Crippen MR) is 39.1 cm³/mol. The van der Waals surface area contributed by atoms with Crippen molar-refractivity contribution < 1.29 is 15.3 Å². The van der Waals surface area contributed by atoms with Crippen LogP contribution in [0.2, 0.25) is 0 Å². The van der Waals surface area contributed by atoms with E-state index in [0.29, 0.717) is 6.42 Å². The highest BCUT2D eigenvalue weighted by Gasteiger charge is 2.09. The zero-order valence-corrected chi connectivity index (χ0v) is 6.46. The molecule has 0 saturated carbocycles. The van der Waals surface area contributed by atoms with Gasteiger partial charge in [-0.15, -0.1) is 11.6 Å². The van der Waals surface area contributed by atoms with Crippen LogP contribution in [0.4, 0.5) is 0 Å². The van der Waals surface area contributed by atoms with Gasteiger partial charge in [0, 0.05) is 18.9 Å². The molecule has 0 bridgehead atoms. The molecule has 0 amide bonds. The molecule has 0 aromatic rings. The van der Waals surface area contributed by atoms with Crippen molar-refractivity contribution in [2.24, 2.45) is 0 Å². The van der Waals surface area contributed by atoms with Crippen LogP contribution in [-0.4, -0.2) is 40.0 Å². The monoisotopic (exact) mass is 168 g/mol. The SMILES string of the molecule is OCC[C@@H](O)C[C@H](O)CCl. The Balaban J connectivity index is 3.27. The summed E-state index contributed by atoms with van der Waals surface area (Å²) in [5.41, 5.74) is 0. The van der Waals surface area contributed by atoms with Gasteiger partial charge in [-0.05, 0) is 6.42 Å². The lowest BCUT2D eigenvalue weighted by Gasteiger charge is -2.11. The molecule has 0 spiro atoms. The minimum absolute atomic E-state index is 0.0594. The molecule has 62 valence electrons. The topological polar surface area (TPSA) is 60.7 Å². The van der Waals surface area contributed by atoms with Crippen molar-refractivity contribution in [2.45, 2.75) is 25.0 Å². The van der Waals surface area contributed by atoms with Crippen molar-refractivity contribution >= 4 is 11.6 Å². The smallest absolute Gasteiger partial charge is 0.0700 e. The lowest BCUT2D eigenvalue weighted by atomic mass is 10.1. The van der Waals surface area contributed by atoms with Crippen molar-refractivity contribution in [1.82, 2.24) is 0 Å². The summed E-state index contributed by atoms with van der Waals surface area (Å²) < 4.78 is 0. The van der Waals surface area contributed by atoms with Crippen molar-refractivity contribution in [3.63, 3.8) is 0 Å². The molecule has 4 heteroatoms. The zero-order chi connectivity index (χ0) is 7.98. The van der Waals surface area contributed by atoms with E-state index in [2.05, 4.69) is 0 Å².